The molecular formula is C19H24ClN3O. The number of amides is 1. The molecule has 0 aliphatic carbocycles. The summed E-state index contributed by atoms with van der Waals surface area (Å²) in [4.78, 5) is 18.6. The second-order valence-corrected chi connectivity index (χ2v) is 6.25. The van der Waals surface area contributed by atoms with E-state index in [4.69, 9.17) is 11.6 Å². The lowest BCUT2D eigenvalue weighted by Crippen LogP contribution is -2.26. The van der Waals surface area contributed by atoms with Crippen molar-refractivity contribution in [2.45, 2.75) is 26.2 Å². The third-order valence-corrected chi connectivity index (χ3v) is 4.07. The first-order chi connectivity index (χ1) is 11.6. The number of nitrogens with zero attached hydrogens (tertiary/aromatic N) is 2. The fourth-order valence-corrected chi connectivity index (χ4v) is 2.58. The van der Waals surface area contributed by atoms with Gasteiger partial charge in [-0.1, -0.05) is 37.1 Å². The predicted molar refractivity (Wildman–Crippen MR) is 99.9 cm³/mol. The minimum Gasteiger partial charge on any atom is -0.360 e. The lowest BCUT2D eigenvalue weighted by Gasteiger charge is -2.17. The van der Waals surface area contributed by atoms with Crippen LogP contribution in [0, 0.1) is 0 Å². The van der Waals surface area contributed by atoms with Gasteiger partial charge in [-0.15, -0.1) is 0 Å². The Morgan fingerprint density at radius 3 is 2.79 bits per heavy atom. The summed E-state index contributed by atoms with van der Waals surface area (Å²) >= 11 is 5.95. The molecule has 0 aliphatic rings. The molecule has 0 unspecified atom stereocenters. The maximum atomic E-state index is 12.2. The number of hydrogen-bond acceptors (Lipinski definition) is 3. The van der Waals surface area contributed by atoms with Crippen molar-refractivity contribution in [2.24, 2.45) is 0 Å². The quantitative estimate of drug-likeness (QED) is 0.788. The van der Waals surface area contributed by atoms with E-state index < -0.39 is 0 Å². The zero-order chi connectivity index (χ0) is 17.4. The third kappa shape index (κ3) is 5.53. The highest BCUT2D eigenvalue weighted by Crippen LogP contribution is 2.12. The molecule has 5 heteroatoms. The number of carbonyl (C=O) groups excluding carboxylic acids is 1. The summed E-state index contributed by atoms with van der Waals surface area (Å²) in [5.41, 5.74) is 1.68. The van der Waals surface area contributed by atoms with E-state index in [1.807, 2.05) is 43.4 Å². The summed E-state index contributed by atoms with van der Waals surface area (Å²) in [6.45, 7) is 3.70. The molecule has 1 heterocycles. The summed E-state index contributed by atoms with van der Waals surface area (Å²) < 4.78 is 0. The highest BCUT2D eigenvalue weighted by Gasteiger charge is 2.07. The molecule has 1 amide bonds. The van der Waals surface area contributed by atoms with Crippen LogP contribution in [0.3, 0.4) is 0 Å². The van der Waals surface area contributed by atoms with E-state index in [9.17, 15) is 4.79 Å². The second kappa shape index (κ2) is 9.28. The summed E-state index contributed by atoms with van der Waals surface area (Å²) in [5, 5.41) is 3.63. The van der Waals surface area contributed by atoms with Crippen LogP contribution in [0.2, 0.25) is 5.02 Å². The van der Waals surface area contributed by atoms with E-state index in [0.717, 1.165) is 37.2 Å². The van der Waals surface area contributed by atoms with Gasteiger partial charge in [0.1, 0.15) is 5.82 Å². The van der Waals surface area contributed by atoms with E-state index in [2.05, 4.69) is 22.1 Å². The standard InChI is InChI=1S/C19H24ClN3O/c1-3-4-12-23(2)18-9-8-16(14-22-18)19(24)21-11-10-15-6-5-7-17(20)13-15/h5-9,13-14H,3-4,10-12H2,1-2H3,(H,21,24). The van der Waals surface area contributed by atoms with Gasteiger partial charge in [-0.2, -0.15) is 0 Å². The van der Waals surface area contributed by atoms with Gasteiger partial charge >= 0.3 is 0 Å². The summed E-state index contributed by atoms with van der Waals surface area (Å²) in [7, 11) is 2.02. The molecular weight excluding hydrogens is 322 g/mol. The number of aromatic nitrogens is 1. The Hall–Kier alpha value is -2.07. The Bertz CT molecular complexity index is 658. The first-order valence-electron chi connectivity index (χ1n) is 8.30. The van der Waals surface area contributed by atoms with Crippen LogP contribution in [-0.4, -0.2) is 31.0 Å². The van der Waals surface area contributed by atoms with Crippen LogP contribution in [-0.2, 0) is 6.42 Å². The lowest BCUT2D eigenvalue weighted by molar-refractivity contribution is 0.0954. The molecule has 2 rings (SSSR count). The number of nitrogens with one attached hydrogen (secondary N) is 1. The Morgan fingerprint density at radius 2 is 2.12 bits per heavy atom. The van der Waals surface area contributed by atoms with Crippen LogP contribution in [0.15, 0.2) is 42.6 Å². The number of carbonyl (C=O) groups is 1. The SMILES string of the molecule is CCCCN(C)c1ccc(C(=O)NCCc2cccc(Cl)c2)cn1. The molecule has 0 aliphatic heterocycles. The molecule has 0 bridgehead atoms. The van der Waals surface area contributed by atoms with Crippen LogP contribution in [0.25, 0.3) is 0 Å². The van der Waals surface area contributed by atoms with Crippen molar-refractivity contribution in [1.82, 2.24) is 10.3 Å². The molecule has 1 aromatic heterocycles. The Labute approximate surface area is 148 Å². The van der Waals surface area contributed by atoms with Gasteiger partial charge in [0.2, 0.25) is 0 Å². The molecule has 1 aromatic carbocycles. The minimum absolute atomic E-state index is 0.104. The van der Waals surface area contributed by atoms with E-state index in [-0.39, 0.29) is 5.91 Å². The van der Waals surface area contributed by atoms with Gasteiger partial charge in [0.25, 0.3) is 5.91 Å². The zero-order valence-electron chi connectivity index (χ0n) is 14.3. The highest BCUT2D eigenvalue weighted by molar-refractivity contribution is 6.30. The van der Waals surface area contributed by atoms with Crippen LogP contribution < -0.4 is 10.2 Å². The van der Waals surface area contributed by atoms with Gasteiger partial charge in [-0.05, 0) is 42.7 Å². The molecule has 24 heavy (non-hydrogen) atoms. The average molecular weight is 346 g/mol. The molecule has 0 radical (unpaired) electrons. The van der Waals surface area contributed by atoms with Crippen LogP contribution in [0.1, 0.15) is 35.7 Å². The summed E-state index contributed by atoms with van der Waals surface area (Å²) in [6.07, 6.45) is 4.66. The largest absolute Gasteiger partial charge is 0.360 e. The number of halogens is 1. The van der Waals surface area contributed by atoms with Crippen molar-refractivity contribution in [3.05, 3.63) is 58.7 Å². The van der Waals surface area contributed by atoms with Crippen molar-refractivity contribution in [1.29, 1.82) is 0 Å². The van der Waals surface area contributed by atoms with Crippen LogP contribution in [0.4, 0.5) is 5.82 Å². The van der Waals surface area contributed by atoms with E-state index in [1.54, 1.807) is 6.20 Å². The van der Waals surface area contributed by atoms with Gasteiger partial charge < -0.3 is 10.2 Å². The number of pyridine rings is 1. The maximum Gasteiger partial charge on any atom is 0.252 e. The van der Waals surface area contributed by atoms with Crippen molar-refractivity contribution < 1.29 is 4.79 Å². The van der Waals surface area contributed by atoms with Crippen LogP contribution >= 0.6 is 11.6 Å². The molecule has 0 spiro atoms. The lowest BCUT2D eigenvalue weighted by atomic mass is 10.1. The van der Waals surface area contributed by atoms with E-state index in [0.29, 0.717) is 17.1 Å². The Balaban J connectivity index is 1.84. The number of hydrogen-bond donors (Lipinski definition) is 1. The maximum absolute atomic E-state index is 12.2. The highest BCUT2D eigenvalue weighted by atomic mass is 35.5. The first-order valence-corrected chi connectivity index (χ1v) is 8.67. The van der Waals surface area contributed by atoms with Crippen molar-refractivity contribution in [2.75, 3.05) is 25.0 Å². The number of unbranched alkanes of at least 4 members (excludes halogenated alkanes) is 1. The normalized spacial score (nSPS) is 10.5. The van der Waals surface area contributed by atoms with Gasteiger partial charge in [-0.3, -0.25) is 4.79 Å². The minimum atomic E-state index is -0.104. The van der Waals surface area contributed by atoms with E-state index in [1.165, 1.54) is 0 Å². The molecule has 0 atom stereocenters. The Kier molecular flexibility index (Phi) is 7.07. The molecule has 0 saturated carbocycles. The van der Waals surface area contributed by atoms with E-state index >= 15 is 0 Å². The number of benzene rings is 1. The molecule has 0 fully saturated rings. The van der Waals surface area contributed by atoms with Gasteiger partial charge in [-0.25, -0.2) is 4.98 Å². The number of anilines is 1. The smallest absolute Gasteiger partial charge is 0.252 e. The summed E-state index contributed by atoms with van der Waals surface area (Å²) in [5.74, 6) is 0.784. The van der Waals surface area contributed by atoms with Crippen molar-refractivity contribution >= 4 is 23.3 Å². The topological polar surface area (TPSA) is 45.2 Å². The molecule has 2 aromatic rings. The average Bonchev–Trinajstić information content (AvgIpc) is 2.60. The fourth-order valence-electron chi connectivity index (χ4n) is 2.37. The van der Waals surface area contributed by atoms with Gasteiger partial charge in [0, 0.05) is 31.4 Å². The first kappa shape index (κ1) is 18.3. The summed E-state index contributed by atoms with van der Waals surface area (Å²) in [6, 6.07) is 11.4. The van der Waals surface area contributed by atoms with Crippen LogP contribution in [0.5, 0.6) is 0 Å². The predicted octanol–water partition coefficient (Wildman–Crippen LogP) is 3.94. The molecule has 4 nitrogen and oxygen atoms in total. The fraction of sp³-hybridized carbons (Fsp3) is 0.368. The second-order valence-electron chi connectivity index (χ2n) is 5.82. The number of rotatable bonds is 8. The van der Waals surface area contributed by atoms with Crippen molar-refractivity contribution in [3.63, 3.8) is 0 Å². The monoisotopic (exact) mass is 345 g/mol. The molecule has 0 saturated heterocycles. The van der Waals surface area contributed by atoms with Gasteiger partial charge in [0.15, 0.2) is 0 Å². The molecule has 1 N–H and O–H groups in total. The Morgan fingerprint density at radius 1 is 1.29 bits per heavy atom. The van der Waals surface area contributed by atoms with Crippen molar-refractivity contribution in [3.8, 4) is 0 Å². The zero-order valence-corrected chi connectivity index (χ0v) is 15.0. The third-order valence-electron chi connectivity index (χ3n) is 3.84. The molecule has 128 valence electrons. The van der Waals surface area contributed by atoms with Gasteiger partial charge in [0.05, 0.1) is 5.56 Å².